The van der Waals surface area contributed by atoms with E-state index in [0.717, 1.165) is 0 Å². The Balaban J connectivity index is 2.22. The van der Waals surface area contributed by atoms with Gasteiger partial charge in [-0.3, -0.25) is 14.4 Å². The van der Waals surface area contributed by atoms with Crippen molar-refractivity contribution >= 4 is 17.8 Å². The summed E-state index contributed by atoms with van der Waals surface area (Å²) < 4.78 is 15.9. The number of amides is 2. The van der Waals surface area contributed by atoms with E-state index in [0.29, 0.717) is 12.1 Å². The van der Waals surface area contributed by atoms with Crippen LogP contribution < -0.4 is 5.32 Å². The van der Waals surface area contributed by atoms with Gasteiger partial charge in [0.15, 0.2) is 5.76 Å². The Bertz CT molecular complexity index is 886. The third-order valence-corrected chi connectivity index (χ3v) is 4.39. The summed E-state index contributed by atoms with van der Waals surface area (Å²) >= 11 is 0. The minimum absolute atomic E-state index is 0.0685. The number of aryl methyl sites for hydroxylation is 1. The number of allylic oxidation sites excluding steroid dienone is 2. The molecule has 1 aromatic heterocycles. The Morgan fingerprint density at radius 2 is 2.00 bits per heavy atom. The highest BCUT2D eigenvalue weighted by molar-refractivity contribution is 5.94. The minimum Gasteiger partial charge on any atom is -0.449 e. The van der Waals surface area contributed by atoms with Gasteiger partial charge in [0.2, 0.25) is 12.2 Å². The van der Waals surface area contributed by atoms with Gasteiger partial charge in [-0.05, 0) is 25.8 Å². The first-order chi connectivity index (χ1) is 13.9. The fourth-order valence-corrected chi connectivity index (χ4v) is 3.02. The maximum absolute atomic E-state index is 13.0. The number of aromatic nitrogens is 2. The molecular formula is C20H28N4O6. The summed E-state index contributed by atoms with van der Waals surface area (Å²) in [5.41, 5.74) is -0.387. The van der Waals surface area contributed by atoms with Crippen molar-refractivity contribution in [3.63, 3.8) is 0 Å². The van der Waals surface area contributed by atoms with E-state index in [1.165, 1.54) is 11.8 Å². The Hall–Kier alpha value is -3.17. The second kappa shape index (κ2) is 9.10. The molecule has 1 aliphatic rings. The lowest BCUT2D eigenvalue weighted by Crippen LogP contribution is -2.50. The maximum atomic E-state index is 13.0. The first-order valence-electron chi connectivity index (χ1n) is 9.63. The van der Waals surface area contributed by atoms with E-state index in [-0.39, 0.29) is 23.5 Å². The molecule has 2 rings (SSSR count). The number of rotatable bonds is 7. The highest BCUT2D eigenvalue weighted by Crippen LogP contribution is 2.28. The Labute approximate surface area is 175 Å². The number of esters is 1. The summed E-state index contributed by atoms with van der Waals surface area (Å²) in [6, 6.07) is 0. The summed E-state index contributed by atoms with van der Waals surface area (Å²) in [5, 5.41) is 10.2. The summed E-state index contributed by atoms with van der Waals surface area (Å²) in [6.45, 7) is 10.0. The molecule has 0 bridgehead atoms. The van der Waals surface area contributed by atoms with E-state index < -0.39 is 29.6 Å². The van der Waals surface area contributed by atoms with Crippen molar-refractivity contribution in [3.8, 4) is 0 Å². The first kappa shape index (κ1) is 23.1. The van der Waals surface area contributed by atoms with Gasteiger partial charge < -0.3 is 24.1 Å². The zero-order chi connectivity index (χ0) is 22.6. The Morgan fingerprint density at radius 1 is 1.33 bits per heavy atom. The molecule has 0 saturated heterocycles. The van der Waals surface area contributed by atoms with Crippen LogP contribution in [0.15, 0.2) is 28.0 Å². The van der Waals surface area contributed by atoms with Gasteiger partial charge in [-0.25, -0.2) is 0 Å². The van der Waals surface area contributed by atoms with Crippen LogP contribution in [0, 0.1) is 12.8 Å². The summed E-state index contributed by atoms with van der Waals surface area (Å²) in [7, 11) is 1.58. The Kier molecular flexibility index (Phi) is 7.01. The molecule has 1 N–H and O–H groups in total. The molecule has 0 aromatic carbocycles. The van der Waals surface area contributed by atoms with Gasteiger partial charge in [0.1, 0.15) is 0 Å². The number of nitrogens with one attached hydrogen (secondary N) is 1. The van der Waals surface area contributed by atoms with E-state index in [1.807, 2.05) is 13.0 Å². The van der Waals surface area contributed by atoms with Crippen LogP contribution in [0.25, 0.3) is 0 Å². The molecule has 0 aliphatic carbocycles. The van der Waals surface area contributed by atoms with Crippen molar-refractivity contribution in [1.82, 2.24) is 20.4 Å². The van der Waals surface area contributed by atoms with Crippen LogP contribution in [0.5, 0.6) is 0 Å². The van der Waals surface area contributed by atoms with Gasteiger partial charge in [-0.1, -0.05) is 19.9 Å². The number of likely N-dealkylation sites (N-methyl/N-ethyl adjacent to an activating group) is 1. The number of hydrogen-bond donors (Lipinski definition) is 1. The number of nitrogens with zero attached hydrogens (tertiary/aromatic N) is 3. The molecule has 10 heteroatoms. The molecule has 2 atom stereocenters. The second-order valence-electron chi connectivity index (χ2n) is 7.58. The van der Waals surface area contributed by atoms with Crippen LogP contribution in [-0.4, -0.2) is 51.8 Å². The maximum Gasteiger partial charge on any atom is 0.309 e. The minimum atomic E-state index is -0.943. The molecule has 0 spiro atoms. The number of ether oxygens (including phenoxy) is 2. The van der Waals surface area contributed by atoms with E-state index in [4.69, 9.17) is 13.9 Å². The zero-order valence-corrected chi connectivity index (χ0v) is 18.3. The quantitative estimate of drug-likeness (QED) is 0.525. The lowest BCUT2D eigenvalue weighted by Gasteiger charge is -2.34. The van der Waals surface area contributed by atoms with Gasteiger partial charge in [-0.2, -0.15) is 0 Å². The average molecular weight is 420 g/mol. The predicted octanol–water partition coefficient (Wildman–Crippen LogP) is 2.08. The topological polar surface area (TPSA) is 124 Å². The van der Waals surface area contributed by atoms with Gasteiger partial charge in [0, 0.05) is 33.0 Å². The smallest absolute Gasteiger partial charge is 0.309 e. The SMILES string of the molecule is CCC(OC(C)=O)OC1=CC(C)C=C(C(C)(C)NC(=O)c2nnc(C)o2)N(C)C1=O. The summed E-state index contributed by atoms with van der Waals surface area (Å²) in [4.78, 5) is 38.2. The molecule has 1 aliphatic heterocycles. The molecule has 0 radical (unpaired) electrons. The number of hydrogen-bond acceptors (Lipinski definition) is 8. The van der Waals surface area contributed by atoms with Crippen LogP contribution in [0.2, 0.25) is 0 Å². The van der Waals surface area contributed by atoms with E-state index >= 15 is 0 Å². The van der Waals surface area contributed by atoms with Crippen molar-refractivity contribution in [2.45, 2.75) is 59.8 Å². The standard InChI is InChI=1S/C20H28N4O6/c1-8-16(29-13(4)25)30-14-9-11(2)10-15(24(7)19(14)27)20(5,6)21-17(26)18-23-22-12(3)28-18/h9-11,16H,8H2,1-7H3,(H,21,26). The van der Waals surface area contributed by atoms with Gasteiger partial charge in [-0.15, -0.1) is 10.2 Å². The molecule has 2 amide bonds. The van der Waals surface area contributed by atoms with Crippen LogP contribution >= 0.6 is 0 Å². The normalized spacial score (nSPS) is 18.2. The molecule has 2 heterocycles. The average Bonchev–Trinajstić information content (AvgIpc) is 3.05. The second-order valence-corrected chi connectivity index (χ2v) is 7.58. The number of carbonyl (C=O) groups is 3. The largest absolute Gasteiger partial charge is 0.449 e. The van der Waals surface area contributed by atoms with Crippen molar-refractivity contribution < 1.29 is 28.3 Å². The third kappa shape index (κ3) is 5.46. The van der Waals surface area contributed by atoms with Gasteiger partial charge in [0.25, 0.3) is 5.91 Å². The van der Waals surface area contributed by atoms with E-state index in [2.05, 4.69) is 15.5 Å². The highest BCUT2D eigenvalue weighted by atomic mass is 16.7. The first-order valence-corrected chi connectivity index (χ1v) is 9.63. The number of carbonyl (C=O) groups excluding carboxylic acids is 3. The molecule has 10 nitrogen and oxygen atoms in total. The molecular weight excluding hydrogens is 392 g/mol. The van der Waals surface area contributed by atoms with Crippen molar-refractivity contribution in [3.05, 3.63) is 35.4 Å². The third-order valence-electron chi connectivity index (χ3n) is 4.39. The highest BCUT2D eigenvalue weighted by Gasteiger charge is 2.36. The van der Waals surface area contributed by atoms with Crippen molar-refractivity contribution in [2.24, 2.45) is 5.92 Å². The van der Waals surface area contributed by atoms with Gasteiger partial charge >= 0.3 is 17.8 Å². The molecule has 164 valence electrons. The van der Waals surface area contributed by atoms with Crippen LogP contribution in [0.4, 0.5) is 0 Å². The van der Waals surface area contributed by atoms with Crippen LogP contribution in [0.1, 0.15) is 57.6 Å². The van der Waals surface area contributed by atoms with Gasteiger partial charge in [0.05, 0.1) is 5.54 Å². The molecule has 0 saturated carbocycles. The van der Waals surface area contributed by atoms with Crippen LogP contribution in [0.3, 0.4) is 0 Å². The van der Waals surface area contributed by atoms with E-state index in [9.17, 15) is 14.4 Å². The lowest BCUT2D eigenvalue weighted by molar-refractivity contribution is -0.171. The summed E-state index contributed by atoms with van der Waals surface area (Å²) in [5.74, 6) is -1.48. The van der Waals surface area contributed by atoms with E-state index in [1.54, 1.807) is 40.8 Å². The molecule has 1 aromatic rings. The zero-order valence-electron chi connectivity index (χ0n) is 18.3. The molecule has 2 unspecified atom stereocenters. The Morgan fingerprint density at radius 3 is 2.53 bits per heavy atom. The fraction of sp³-hybridized carbons (Fsp3) is 0.550. The monoisotopic (exact) mass is 420 g/mol. The van der Waals surface area contributed by atoms with Crippen molar-refractivity contribution in [1.29, 1.82) is 0 Å². The fourth-order valence-electron chi connectivity index (χ4n) is 3.02. The molecule has 0 fully saturated rings. The lowest BCUT2D eigenvalue weighted by atomic mass is 9.96. The van der Waals surface area contributed by atoms with Crippen molar-refractivity contribution in [2.75, 3.05) is 7.05 Å². The molecule has 30 heavy (non-hydrogen) atoms. The van der Waals surface area contributed by atoms with Crippen LogP contribution in [-0.2, 0) is 19.1 Å². The predicted molar refractivity (Wildman–Crippen MR) is 106 cm³/mol. The summed E-state index contributed by atoms with van der Waals surface area (Å²) in [6.07, 6.45) is 3.01.